The number of hydrogen-bond donors (Lipinski definition) is 6. The van der Waals surface area contributed by atoms with Crippen LogP contribution in [0.5, 0.6) is 11.5 Å². The molecule has 2 aromatic carbocycles. The van der Waals surface area contributed by atoms with E-state index in [2.05, 4.69) is 10.6 Å². The summed E-state index contributed by atoms with van der Waals surface area (Å²) in [5.74, 6) is -8.61. The van der Waals surface area contributed by atoms with Crippen LogP contribution in [0.15, 0.2) is 71.8 Å². The summed E-state index contributed by atoms with van der Waals surface area (Å²) in [6, 6.07) is 7.10. The molecular formula is C43H52N2O11. The van der Waals surface area contributed by atoms with Crippen LogP contribution in [0.1, 0.15) is 90.7 Å². The second kappa shape index (κ2) is 16.6. The van der Waals surface area contributed by atoms with E-state index in [0.717, 1.165) is 5.56 Å². The number of ether oxygens (including phenoxy) is 3. The van der Waals surface area contributed by atoms with Gasteiger partial charge in [0.2, 0.25) is 11.6 Å². The molecule has 6 N–H and O–H groups in total. The molecule has 5 bridgehead atoms. The molecule has 2 aromatic rings. The lowest BCUT2D eigenvalue weighted by Gasteiger charge is -2.36. The third-order valence-corrected chi connectivity index (χ3v) is 11.4. The number of carbonyl (C=O) groups excluding carboxylic acids is 4. The molecule has 9 unspecified atom stereocenters. The fourth-order valence-electron chi connectivity index (χ4n) is 7.51. The lowest BCUT2D eigenvalue weighted by atomic mass is 9.78. The molecule has 3 heterocycles. The molecule has 0 saturated carbocycles. The van der Waals surface area contributed by atoms with Crippen LogP contribution in [0.25, 0.3) is 0 Å². The standard InChI is InChI=1S/C43H52N2O11/c1-10-26-16-11-12-17-27(26)44-32-33-39(51)30-29(38(32)50)31-40(25(7)37(30)49)56-43(8,41(31)52)55-19-18-28(54-9)22(4)35(47)24(6)36(48)23(5)34(46)20(2)14-13-15-21(3)42(53)45-33/h11-20,22-24,28,34-36,44,46-49H,10H2,1-9H3,(H,45,53). The van der Waals surface area contributed by atoms with Crippen molar-refractivity contribution in [3.8, 4) is 11.5 Å². The van der Waals surface area contributed by atoms with E-state index in [9.17, 15) is 39.6 Å². The van der Waals surface area contributed by atoms with Crippen LogP contribution in [0, 0.1) is 30.6 Å². The van der Waals surface area contributed by atoms with E-state index in [0.29, 0.717) is 12.1 Å². The second-order valence-electron chi connectivity index (χ2n) is 15.1. The summed E-state index contributed by atoms with van der Waals surface area (Å²) in [6.45, 7) is 13.0. The van der Waals surface area contributed by atoms with E-state index in [4.69, 9.17) is 14.2 Å². The maximum atomic E-state index is 14.7. The van der Waals surface area contributed by atoms with Gasteiger partial charge in [-0.3, -0.25) is 19.2 Å². The topological polar surface area (TPSA) is 201 Å². The number of rotatable bonds is 4. The fourth-order valence-corrected chi connectivity index (χ4v) is 7.51. The quantitative estimate of drug-likeness (QED) is 0.242. The molecule has 0 aromatic heterocycles. The zero-order valence-corrected chi connectivity index (χ0v) is 33.2. The van der Waals surface area contributed by atoms with Crippen molar-refractivity contribution in [1.82, 2.24) is 5.32 Å². The molecule has 56 heavy (non-hydrogen) atoms. The van der Waals surface area contributed by atoms with Gasteiger partial charge >= 0.3 is 5.79 Å². The number of phenols is 1. The number of nitrogens with one attached hydrogen (secondary N) is 2. The SMILES string of the molecule is CCc1ccccc1NC1=C2NC(=O)C(C)=CC=CC(C)C(O)C(C)C(O)C(C)C(O)C(C)C(OC)C=COC3(C)Oc4c(C)c(O)c(c(c4C3=O)C1=O)C2=O. The first-order valence-electron chi connectivity index (χ1n) is 18.8. The molecular weight excluding hydrogens is 720 g/mol. The van der Waals surface area contributed by atoms with Crippen molar-refractivity contribution in [3.63, 3.8) is 0 Å². The number of fused-ring (bicyclic) bond motifs is 14. The van der Waals surface area contributed by atoms with Gasteiger partial charge in [0.05, 0.1) is 47.4 Å². The summed E-state index contributed by atoms with van der Waals surface area (Å²) in [5, 5.41) is 50.9. The zero-order chi connectivity index (χ0) is 41.4. The van der Waals surface area contributed by atoms with Crippen LogP contribution in [-0.4, -0.2) is 81.0 Å². The van der Waals surface area contributed by atoms with E-state index < -0.39 is 99.7 Å². The maximum Gasteiger partial charge on any atom is 0.312 e. The molecule has 300 valence electrons. The Morgan fingerprint density at radius 1 is 0.875 bits per heavy atom. The first-order valence-corrected chi connectivity index (χ1v) is 18.8. The van der Waals surface area contributed by atoms with E-state index >= 15 is 0 Å². The van der Waals surface area contributed by atoms with Gasteiger partial charge in [-0.05, 0) is 38.0 Å². The number of Topliss-reactive ketones (excluding diaryl/α,β-unsaturated/α-hetero) is 3. The van der Waals surface area contributed by atoms with Crippen molar-refractivity contribution < 1.29 is 53.8 Å². The Morgan fingerprint density at radius 3 is 2.18 bits per heavy atom. The number of benzene rings is 2. The summed E-state index contributed by atoms with van der Waals surface area (Å²) in [6.07, 6.45) is 3.86. The smallest absolute Gasteiger partial charge is 0.312 e. The summed E-state index contributed by atoms with van der Waals surface area (Å²) in [5.41, 5.74) is -0.500. The highest BCUT2D eigenvalue weighted by molar-refractivity contribution is 6.33. The van der Waals surface area contributed by atoms with Crippen LogP contribution in [0.4, 0.5) is 5.69 Å². The number of para-hydroxylation sites is 1. The van der Waals surface area contributed by atoms with Crippen molar-refractivity contribution in [1.29, 1.82) is 0 Å². The predicted molar refractivity (Wildman–Crippen MR) is 208 cm³/mol. The molecule has 13 heteroatoms. The van der Waals surface area contributed by atoms with Gasteiger partial charge in [0.15, 0.2) is 0 Å². The number of aromatic hydroxyl groups is 1. The lowest BCUT2D eigenvalue weighted by Crippen LogP contribution is -2.45. The third kappa shape index (κ3) is 7.56. The molecule has 0 saturated heterocycles. The van der Waals surface area contributed by atoms with Gasteiger partial charge in [0, 0.05) is 54.5 Å². The number of methoxy groups -OCH3 is 1. The zero-order valence-electron chi connectivity index (χ0n) is 33.2. The van der Waals surface area contributed by atoms with Gasteiger partial charge in [-0.2, -0.15) is 0 Å². The van der Waals surface area contributed by atoms with Crippen molar-refractivity contribution in [2.75, 3.05) is 12.4 Å². The van der Waals surface area contributed by atoms with E-state index in [-0.39, 0.29) is 28.1 Å². The minimum Gasteiger partial charge on any atom is -0.507 e. The molecule has 0 spiro atoms. The van der Waals surface area contributed by atoms with Crippen LogP contribution >= 0.6 is 0 Å². The number of hydrogen-bond acceptors (Lipinski definition) is 12. The highest BCUT2D eigenvalue weighted by atomic mass is 16.7. The van der Waals surface area contributed by atoms with Crippen molar-refractivity contribution in [3.05, 3.63) is 99.6 Å². The number of aryl methyl sites for hydroxylation is 1. The molecule has 6 rings (SSSR count). The van der Waals surface area contributed by atoms with Crippen molar-refractivity contribution in [2.24, 2.45) is 23.7 Å². The maximum absolute atomic E-state index is 14.7. The van der Waals surface area contributed by atoms with E-state index in [1.807, 2.05) is 19.1 Å². The number of phenolic OH excluding ortho intramolecular Hbond substituents is 1. The molecule has 1 aliphatic carbocycles. The van der Waals surface area contributed by atoms with Crippen LogP contribution in [0.2, 0.25) is 0 Å². The highest BCUT2D eigenvalue weighted by Gasteiger charge is 2.52. The van der Waals surface area contributed by atoms with Crippen LogP contribution in [-0.2, 0) is 20.7 Å². The number of aliphatic hydroxyl groups excluding tert-OH is 3. The van der Waals surface area contributed by atoms with Crippen molar-refractivity contribution >= 4 is 28.9 Å². The predicted octanol–water partition coefficient (Wildman–Crippen LogP) is 5.06. The lowest BCUT2D eigenvalue weighted by molar-refractivity contribution is -0.116. The van der Waals surface area contributed by atoms with Crippen molar-refractivity contribution in [2.45, 2.75) is 92.0 Å². The Labute approximate surface area is 326 Å². The summed E-state index contributed by atoms with van der Waals surface area (Å²) >= 11 is 0. The first-order chi connectivity index (χ1) is 26.4. The largest absolute Gasteiger partial charge is 0.507 e. The Hall–Kier alpha value is -5.08. The molecule has 1 amide bonds. The Balaban J connectivity index is 1.69. The van der Waals surface area contributed by atoms with Gasteiger partial charge < -0.3 is 45.3 Å². The van der Waals surface area contributed by atoms with Gasteiger partial charge in [-0.25, -0.2) is 0 Å². The number of anilines is 1. The first kappa shape index (κ1) is 42.1. The van der Waals surface area contributed by atoms with Gasteiger partial charge in [0.25, 0.3) is 11.7 Å². The van der Waals surface area contributed by atoms with Crippen LogP contribution in [0.3, 0.4) is 0 Å². The average molecular weight is 773 g/mol. The number of amides is 1. The van der Waals surface area contributed by atoms with E-state index in [1.54, 1.807) is 52.0 Å². The molecule has 9 atom stereocenters. The Morgan fingerprint density at radius 2 is 1.52 bits per heavy atom. The molecule has 0 radical (unpaired) electrons. The van der Waals surface area contributed by atoms with Gasteiger partial charge in [-0.1, -0.05) is 71.0 Å². The minimum atomic E-state index is -2.07. The monoisotopic (exact) mass is 772 g/mol. The second-order valence-corrected chi connectivity index (χ2v) is 15.1. The van der Waals surface area contributed by atoms with Gasteiger partial charge in [-0.15, -0.1) is 0 Å². The molecule has 4 aliphatic rings. The number of ketones is 3. The fraction of sp³-hybridized carbons (Fsp3) is 0.442. The van der Waals surface area contributed by atoms with Crippen LogP contribution < -0.4 is 15.4 Å². The molecule has 13 nitrogen and oxygen atoms in total. The Bertz CT molecular complexity index is 2050. The normalized spacial score (nSPS) is 30.2. The molecule has 3 aliphatic heterocycles. The average Bonchev–Trinajstić information content (AvgIpc) is 3.45. The Kier molecular flexibility index (Phi) is 12.4. The molecule has 0 fully saturated rings. The summed E-state index contributed by atoms with van der Waals surface area (Å²) < 4.78 is 17.6. The third-order valence-electron chi connectivity index (χ3n) is 11.4. The number of allylic oxidation sites excluding steroid dienone is 4. The van der Waals surface area contributed by atoms with Gasteiger partial charge in [0.1, 0.15) is 22.9 Å². The highest BCUT2D eigenvalue weighted by Crippen LogP contribution is 2.48. The number of carbonyl (C=O) groups is 4. The number of aliphatic hydroxyl groups is 3. The van der Waals surface area contributed by atoms with E-state index in [1.165, 1.54) is 46.3 Å². The summed E-state index contributed by atoms with van der Waals surface area (Å²) in [4.78, 5) is 57.2. The summed E-state index contributed by atoms with van der Waals surface area (Å²) in [7, 11) is 1.43. The minimum absolute atomic E-state index is 0.000650.